The smallest absolute Gasteiger partial charge is 0.0487 e. The molecule has 0 saturated carbocycles. The molecule has 2 heteroatoms. The topological polar surface area (TPSA) is 24.7 Å². The molecule has 17 heavy (non-hydrogen) atoms. The van der Waals surface area contributed by atoms with Crippen LogP contribution in [0.1, 0.15) is 45.1 Å². The first-order chi connectivity index (χ1) is 8.16. The van der Waals surface area contributed by atoms with E-state index in [1.807, 2.05) is 0 Å². The Hall–Kier alpha value is -1.44. The molecule has 0 N–H and O–H groups in total. The van der Waals surface area contributed by atoms with Crippen LogP contribution in [0.5, 0.6) is 0 Å². The van der Waals surface area contributed by atoms with Crippen LogP contribution in [0.25, 0.3) is 0 Å². The number of benzene rings is 1. The summed E-state index contributed by atoms with van der Waals surface area (Å²) in [6.07, 6.45) is 1.98. The lowest BCUT2D eigenvalue weighted by atomic mass is 9.92. The minimum atomic E-state index is 0.517. The van der Waals surface area contributed by atoms with Crippen molar-refractivity contribution in [3.05, 3.63) is 35.9 Å². The summed E-state index contributed by atoms with van der Waals surface area (Å²) in [5.74, 6) is 1.04. The van der Waals surface area contributed by atoms with Crippen molar-refractivity contribution in [2.24, 2.45) is 16.1 Å². The van der Waals surface area contributed by atoms with E-state index in [9.17, 15) is 0 Å². The zero-order chi connectivity index (χ0) is 12.3. The summed E-state index contributed by atoms with van der Waals surface area (Å²) in [7, 11) is 0. The SMILES string of the molecule is CC(C)C1=NN=C(CC(C)c2ccccc2)C1. The predicted octanol–water partition coefficient (Wildman–Crippen LogP) is 4.04. The van der Waals surface area contributed by atoms with Crippen molar-refractivity contribution < 1.29 is 0 Å². The zero-order valence-electron chi connectivity index (χ0n) is 10.9. The number of nitrogens with zero attached hydrogens (tertiary/aromatic N) is 2. The van der Waals surface area contributed by atoms with E-state index < -0.39 is 0 Å². The lowest BCUT2D eigenvalue weighted by Crippen LogP contribution is -2.10. The molecular weight excluding hydrogens is 208 g/mol. The highest BCUT2D eigenvalue weighted by Crippen LogP contribution is 2.22. The highest BCUT2D eigenvalue weighted by molar-refractivity contribution is 6.08. The first kappa shape index (κ1) is 12.0. The molecule has 0 amide bonds. The molecule has 0 aromatic heterocycles. The number of hydrogen-bond acceptors (Lipinski definition) is 2. The highest BCUT2D eigenvalue weighted by Gasteiger charge is 2.17. The molecular formula is C15H20N2. The van der Waals surface area contributed by atoms with Crippen LogP contribution in [0.3, 0.4) is 0 Å². The normalized spacial score (nSPS) is 16.9. The third-order valence-electron chi connectivity index (χ3n) is 3.28. The summed E-state index contributed by atoms with van der Waals surface area (Å²) in [6.45, 7) is 6.61. The Morgan fingerprint density at radius 2 is 1.76 bits per heavy atom. The largest absolute Gasteiger partial charge is 0.160 e. The molecule has 1 aliphatic heterocycles. The van der Waals surface area contributed by atoms with Crippen molar-refractivity contribution in [2.45, 2.75) is 39.5 Å². The Morgan fingerprint density at radius 1 is 1.06 bits per heavy atom. The van der Waals surface area contributed by atoms with E-state index in [4.69, 9.17) is 0 Å². The van der Waals surface area contributed by atoms with Gasteiger partial charge in [-0.3, -0.25) is 0 Å². The van der Waals surface area contributed by atoms with Gasteiger partial charge in [-0.1, -0.05) is 51.1 Å². The lowest BCUT2D eigenvalue weighted by Gasteiger charge is -2.11. The fourth-order valence-corrected chi connectivity index (χ4v) is 2.10. The van der Waals surface area contributed by atoms with E-state index in [0.29, 0.717) is 11.8 Å². The van der Waals surface area contributed by atoms with Crippen molar-refractivity contribution in [3.8, 4) is 0 Å². The Kier molecular flexibility index (Phi) is 3.72. The Morgan fingerprint density at radius 3 is 2.35 bits per heavy atom. The Balaban J connectivity index is 1.92. The van der Waals surface area contributed by atoms with Crippen LogP contribution in [-0.2, 0) is 0 Å². The van der Waals surface area contributed by atoms with Crippen molar-refractivity contribution >= 4 is 11.4 Å². The third-order valence-corrected chi connectivity index (χ3v) is 3.28. The van der Waals surface area contributed by atoms with Crippen molar-refractivity contribution in [1.82, 2.24) is 0 Å². The van der Waals surface area contributed by atoms with Crippen LogP contribution >= 0.6 is 0 Å². The Bertz CT molecular complexity index is 429. The molecule has 1 aliphatic rings. The van der Waals surface area contributed by atoms with E-state index in [-0.39, 0.29) is 0 Å². The molecule has 0 radical (unpaired) electrons. The molecule has 0 spiro atoms. The van der Waals surface area contributed by atoms with Gasteiger partial charge in [0.2, 0.25) is 0 Å². The van der Waals surface area contributed by atoms with Gasteiger partial charge in [0.15, 0.2) is 0 Å². The quantitative estimate of drug-likeness (QED) is 0.743. The van der Waals surface area contributed by atoms with E-state index >= 15 is 0 Å². The van der Waals surface area contributed by atoms with Crippen molar-refractivity contribution in [3.63, 3.8) is 0 Å². The van der Waals surface area contributed by atoms with Gasteiger partial charge in [0, 0.05) is 17.8 Å². The third kappa shape index (κ3) is 3.02. The molecule has 1 heterocycles. The predicted molar refractivity (Wildman–Crippen MR) is 73.8 cm³/mol. The minimum Gasteiger partial charge on any atom is -0.160 e. The molecule has 0 bridgehead atoms. The summed E-state index contributed by atoms with van der Waals surface area (Å²) >= 11 is 0. The highest BCUT2D eigenvalue weighted by atomic mass is 15.2. The first-order valence-electron chi connectivity index (χ1n) is 6.34. The van der Waals surface area contributed by atoms with E-state index in [2.05, 4.69) is 61.3 Å². The van der Waals surface area contributed by atoms with E-state index in [1.165, 1.54) is 17.0 Å². The second kappa shape index (κ2) is 5.26. The van der Waals surface area contributed by atoms with Crippen molar-refractivity contribution in [2.75, 3.05) is 0 Å². The van der Waals surface area contributed by atoms with Crippen LogP contribution in [0.15, 0.2) is 40.5 Å². The second-order valence-corrected chi connectivity index (χ2v) is 5.10. The van der Waals surface area contributed by atoms with Gasteiger partial charge < -0.3 is 0 Å². The first-order valence-corrected chi connectivity index (χ1v) is 6.34. The van der Waals surface area contributed by atoms with Crippen LogP contribution in [-0.4, -0.2) is 11.4 Å². The van der Waals surface area contributed by atoms with Gasteiger partial charge in [-0.25, -0.2) is 0 Å². The average molecular weight is 228 g/mol. The van der Waals surface area contributed by atoms with E-state index in [1.54, 1.807) is 0 Å². The molecule has 2 nitrogen and oxygen atoms in total. The minimum absolute atomic E-state index is 0.517. The van der Waals surface area contributed by atoms with Gasteiger partial charge in [0.25, 0.3) is 0 Å². The summed E-state index contributed by atoms with van der Waals surface area (Å²) in [5, 5.41) is 8.58. The standard InChI is InChI=1S/C15H20N2/c1-11(2)15-10-14(16-17-15)9-12(3)13-7-5-4-6-8-13/h4-8,11-12H,9-10H2,1-3H3. The number of rotatable bonds is 4. The molecule has 0 aliphatic carbocycles. The zero-order valence-corrected chi connectivity index (χ0v) is 10.9. The van der Waals surface area contributed by atoms with Crippen LogP contribution < -0.4 is 0 Å². The fraction of sp³-hybridized carbons (Fsp3) is 0.467. The molecule has 1 atom stereocenters. The van der Waals surface area contributed by atoms with E-state index in [0.717, 1.165) is 12.8 Å². The maximum absolute atomic E-state index is 4.31. The molecule has 0 fully saturated rings. The maximum Gasteiger partial charge on any atom is 0.0487 e. The summed E-state index contributed by atoms with van der Waals surface area (Å²) < 4.78 is 0. The number of hydrogen-bond donors (Lipinski definition) is 0. The molecule has 2 rings (SSSR count). The summed E-state index contributed by atoms with van der Waals surface area (Å²) in [6, 6.07) is 10.6. The average Bonchev–Trinajstić information content (AvgIpc) is 2.79. The van der Waals surface area contributed by atoms with Gasteiger partial charge in [-0.2, -0.15) is 10.2 Å². The molecule has 1 aromatic carbocycles. The van der Waals surface area contributed by atoms with Gasteiger partial charge in [0.05, 0.1) is 0 Å². The second-order valence-electron chi connectivity index (χ2n) is 5.10. The maximum atomic E-state index is 4.31. The fourth-order valence-electron chi connectivity index (χ4n) is 2.10. The van der Waals surface area contributed by atoms with Crippen molar-refractivity contribution in [1.29, 1.82) is 0 Å². The summed E-state index contributed by atoms with van der Waals surface area (Å²) in [4.78, 5) is 0. The van der Waals surface area contributed by atoms with Crippen LogP contribution in [0, 0.1) is 5.92 Å². The van der Waals surface area contributed by atoms with Gasteiger partial charge >= 0.3 is 0 Å². The van der Waals surface area contributed by atoms with Gasteiger partial charge in [-0.15, -0.1) is 0 Å². The molecule has 90 valence electrons. The van der Waals surface area contributed by atoms with Gasteiger partial charge in [0.1, 0.15) is 0 Å². The van der Waals surface area contributed by atoms with Gasteiger partial charge in [-0.05, 0) is 23.8 Å². The molecule has 1 aromatic rings. The summed E-state index contributed by atoms with van der Waals surface area (Å²) in [5.41, 5.74) is 3.83. The lowest BCUT2D eigenvalue weighted by molar-refractivity contribution is 0.798. The van der Waals surface area contributed by atoms with Crippen LogP contribution in [0.2, 0.25) is 0 Å². The molecule has 0 saturated heterocycles. The van der Waals surface area contributed by atoms with Crippen LogP contribution in [0.4, 0.5) is 0 Å². The monoisotopic (exact) mass is 228 g/mol. The molecule has 1 unspecified atom stereocenters. The Labute approximate surface area is 103 Å².